The second kappa shape index (κ2) is 6.94. The first-order valence-corrected chi connectivity index (χ1v) is 9.88. The van der Waals surface area contributed by atoms with Crippen LogP contribution < -0.4 is 4.90 Å². The van der Waals surface area contributed by atoms with E-state index in [-0.39, 0.29) is 11.6 Å². The summed E-state index contributed by atoms with van der Waals surface area (Å²) >= 11 is 0. The van der Waals surface area contributed by atoms with Gasteiger partial charge in [0.25, 0.3) is 0 Å². The lowest BCUT2D eigenvalue weighted by Gasteiger charge is -2.44. The van der Waals surface area contributed by atoms with Gasteiger partial charge in [-0.2, -0.15) is 0 Å². The molecule has 0 spiro atoms. The number of piperazine rings is 1. The van der Waals surface area contributed by atoms with E-state index < -0.39 is 5.54 Å². The second-order valence-electron chi connectivity index (χ2n) is 7.44. The highest BCUT2D eigenvalue weighted by molar-refractivity contribution is 6.32. The molecule has 1 aliphatic carbocycles. The van der Waals surface area contributed by atoms with E-state index in [1.165, 1.54) is 0 Å². The summed E-state index contributed by atoms with van der Waals surface area (Å²) in [6, 6.07) is 22.5. The van der Waals surface area contributed by atoms with Gasteiger partial charge in [-0.15, -0.1) is 0 Å². The molecule has 3 aromatic rings. The number of hydrogen-bond donors (Lipinski definition) is 0. The average Bonchev–Trinajstić information content (AvgIpc) is 3.03. The Morgan fingerprint density at radius 2 is 1.28 bits per heavy atom. The minimum absolute atomic E-state index is 0.115. The standard InChI is InChI=1S/C24H21N3O2/c28-22-19-10-4-5-11-20(19)23(29)24(22,18-8-2-1-3-9-18)27-16-14-26(15-17-27)21-12-6-7-13-25-21/h1-13H,14-17H2. The van der Waals surface area contributed by atoms with E-state index in [0.29, 0.717) is 37.3 Å². The van der Waals surface area contributed by atoms with Crippen LogP contribution in [0.3, 0.4) is 0 Å². The van der Waals surface area contributed by atoms with E-state index in [0.717, 1.165) is 11.4 Å². The lowest BCUT2D eigenvalue weighted by atomic mass is 9.82. The maximum atomic E-state index is 13.7. The summed E-state index contributed by atoms with van der Waals surface area (Å²) in [6.45, 7) is 2.64. The summed E-state index contributed by atoms with van der Waals surface area (Å²) in [5.41, 5.74) is 0.515. The van der Waals surface area contributed by atoms with Crippen LogP contribution in [0.4, 0.5) is 5.82 Å². The highest BCUT2D eigenvalue weighted by atomic mass is 16.2. The number of rotatable bonds is 3. The maximum Gasteiger partial charge on any atom is 0.196 e. The fraction of sp³-hybridized carbons (Fsp3) is 0.208. The molecule has 0 amide bonds. The van der Waals surface area contributed by atoms with Crippen molar-refractivity contribution in [2.45, 2.75) is 5.54 Å². The van der Waals surface area contributed by atoms with Crippen molar-refractivity contribution in [2.24, 2.45) is 0 Å². The first-order valence-electron chi connectivity index (χ1n) is 9.88. The van der Waals surface area contributed by atoms with Crippen molar-refractivity contribution in [1.82, 2.24) is 9.88 Å². The number of nitrogens with zero attached hydrogens (tertiary/aromatic N) is 3. The number of aromatic nitrogens is 1. The number of ketones is 2. The van der Waals surface area contributed by atoms with Crippen LogP contribution in [-0.2, 0) is 5.54 Å². The van der Waals surface area contributed by atoms with Gasteiger partial charge in [-0.1, -0.05) is 60.7 Å². The molecule has 2 aromatic carbocycles. The number of fused-ring (bicyclic) bond motifs is 1. The molecular weight excluding hydrogens is 362 g/mol. The van der Waals surface area contributed by atoms with E-state index in [1.807, 2.05) is 60.7 Å². The Kier molecular flexibility index (Phi) is 4.25. The Morgan fingerprint density at radius 3 is 1.86 bits per heavy atom. The average molecular weight is 383 g/mol. The molecule has 2 heterocycles. The van der Waals surface area contributed by atoms with Gasteiger partial charge in [0.15, 0.2) is 17.1 Å². The van der Waals surface area contributed by atoms with Crippen molar-refractivity contribution in [3.8, 4) is 0 Å². The number of pyridine rings is 1. The van der Waals surface area contributed by atoms with Gasteiger partial charge in [-0.05, 0) is 17.7 Å². The van der Waals surface area contributed by atoms with Crippen LogP contribution in [0.5, 0.6) is 0 Å². The monoisotopic (exact) mass is 383 g/mol. The quantitative estimate of drug-likeness (QED) is 0.650. The van der Waals surface area contributed by atoms with Gasteiger partial charge >= 0.3 is 0 Å². The van der Waals surface area contributed by atoms with Gasteiger partial charge < -0.3 is 4.90 Å². The number of Topliss-reactive ketones (excluding diaryl/α,β-unsaturated/α-hetero) is 2. The lowest BCUT2D eigenvalue weighted by Crippen LogP contribution is -2.60. The van der Waals surface area contributed by atoms with Gasteiger partial charge in [0.05, 0.1) is 0 Å². The van der Waals surface area contributed by atoms with Gasteiger partial charge in [0.2, 0.25) is 0 Å². The van der Waals surface area contributed by atoms with Crippen molar-refractivity contribution < 1.29 is 9.59 Å². The zero-order valence-electron chi connectivity index (χ0n) is 16.0. The molecule has 0 saturated carbocycles. The Balaban J connectivity index is 1.54. The van der Waals surface area contributed by atoms with E-state index in [9.17, 15) is 9.59 Å². The molecule has 0 bridgehead atoms. The third-order valence-electron chi connectivity index (χ3n) is 5.99. The Hall–Kier alpha value is -3.31. The molecule has 5 rings (SSSR count). The number of carbonyl (C=O) groups is 2. The van der Waals surface area contributed by atoms with Crippen LogP contribution in [0.15, 0.2) is 79.0 Å². The van der Waals surface area contributed by atoms with Crippen LogP contribution >= 0.6 is 0 Å². The maximum absolute atomic E-state index is 13.7. The minimum Gasteiger partial charge on any atom is -0.354 e. The van der Waals surface area contributed by atoms with Gasteiger partial charge in [0, 0.05) is 43.5 Å². The van der Waals surface area contributed by atoms with E-state index in [2.05, 4.69) is 14.8 Å². The normalized spacial score (nSPS) is 18.7. The van der Waals surface area contributed by atoms with Crippen molar-refractivity contribution in [2.75, 3.05) is 31.1 Å². The zero-order chi connectivity index (χ0) is 19.8. The third-order valence-corrected chi connectivity index (χ3v) is 5.99. The van der Waals surface area contributed by atoms with Gasteiger partial charge in [0.1, 0.15) is 5.82 Å². The molecule has 1 aliphatic heterocycles. The smallest absolute Gasteiger partial charge is 0.196 e. The highest BCUT2D eigenvalue weighted by Gasteiger charge is 2.58. The molecule has 1 saturated heterocycles. The predicted molar refractivity (Wildman–Crippen MR) is 111 cm³/mol. The van der Waals surface area contributed by atoms with Gasteiger partial charge in [-0.3, -0.25) is 14.5 Å². The molecule has 5 nitrogen and oxygen atoms in total. The molecule has 1 fully saturated rings. The molecule has 29 heavy (non-hydrogen) atoms. The summed E-state index contributed by atoms with van der Waals surface area (Å²) in [7, 11) is 0. The molecule has 1 aromatic heterocycles. The van der Waals surface area contributed by atoms with Crippen molar-refractivity contribution in [3.05, 3.63) is 95.7 Å². The molecular formula is C24H21N3O2. The summed E-state index contributed by atoms with van der Waals surface area (Å²) in [5.74, 6) is 0.694. The molecule has 0 unspecified atom stereocenters. The number of anilines is 1. The molecule has 0 N–H and O–H groups in total. The van der Waals surface area contributed by atoms with Crippen LogP contribution in [0.1, 0.15) is 26.3 Å². The number of hydrogen-bond acceptors (Lipinski definition) is 5. The summed E-state index contributed by atoms with van der Waals surface area (Å²) in [5, 5.41) is 0. The van der Waals surface area contributed by atoms with Crippen LogP contribution in [0, 0.1) is 0 Å². The van der Waals surface area contributed by atoms with E-state index in [1.54, 1.807) is 18.3 Å². The van der Waals surface area contributed by atoms with E-state index in [4.69, 9.17) is 0 Å². The first kappa shape index (κ1) is 17.8. The number of benzene rings is 2. The fourth-order valence-corrected chi connectivity index (χ4v) is 4.60. The second-order valence-corrected chi connectivity index (χ2v) is 7.44. The molecule has 5 heteroatoms. The molecule has 0 radical (unpaired) electrons. The summed E-state index contributed by atoms with van der Waals surface area (Å²) in [4.78, 5) is 36.1. The van der Waals surface area contributed by atoms with Crippen molar-refractivity contribution >= 4 is 17.4 Å². The molecule has 144 valence electrons. The Bertz CT molecular complexity index is 1020. The highest BCUT2D eigenvalue weighted by Crippen LogP contribution is 2.42. The largest absolute Gasteiger partial charge is 0.354 e. The SMILES string of the molecule is O=C1c2ccccc2C(=O)C1(c1ccccc1)N1CCN(c2ccccn2)CC1. The molecule has 0 atom stereocenters. The lowest BCUT2D eigenvalue weighted by molar-refractivity contribution is 0.0461. The van der Waals surface area contributed by atoms with E-state index >= 15 is 0 Å². The predicted octanol–water partition coefficient (Wildman–Crippen LogP) is 3.18. The Labute approximate surface area is 169 Å². The van der Waals surface area contributed by atoms with Crippen molar-refractivity contribution in [3.63, 3.8) is 0 Å². The van der Waals surface area contributed by atoms with Crippen LogP contribution in [0.25, 0.3) is 0 Å². The topological polar surface area (TPSA) is 53.5 Å². The minimum atomic E-state index is -1.28. The summed E-state index contributed by atoms with van der Waals surface area (Å²) in [6.07, 6.45) is 1.79. The molecule has 2 aliphatic rings. The fourth-order valence-electron chi connectivity index (χ4n) is 4.60. The Morgan fingerprint density at radius 1 is 0.690 bits per heavy atom. The van der Waals surface area contributed by atoms with Crippen LogP contribution in [0.2, 0.25) is 0 Å². The summed E-state index contributed by atoms with van der Waals surface area (Å²) < 4.78 is 0. The van der Waals surface area contributed by atoms with Crippen LogP contribution in [-0.4, -0.2) is 47.6 Å². The van der Waals surface area contributed by atoms with Crippen molar-refractivity contribution in [1.29, 1.82) is 0 Å². The third kappa shape index (κ3) is 2.62. The first-order chi connectivity index (χ1) is 14.2. The zero-order valence-corrected chi connectivity index (χ0v) is 16.0. The van der Waals surface area contributed by atoms with Gasteiger partial charge in [-0.25, -0.2) is 4.98 Å². The number of carbonyl (C=O) groups excluding carboxylic acids is 2.